The lowest BCUT2D eigenvalue weighted by Crippen LogP contribution is -2.33. The number of rotatable bonds is 2. The quantitative estimate of drug-likeness (QED) is 0.849. The molecule has 2 heterocycles. The summed E-state index contributed by atoms with van der Waals surface area (Å²) in [7, 11) is 0. The van der Waals surface area contributed by atoms with Gasteiger partial charge in [-0.15, -0.1) is 0 Å². The highest BCUT2D eigenvalue weighted by Gasteiger charge is 2.36. The lowest BCUT2D eigenvalue weighted by atomic mass is 10.0. The fourth-order valence-corrected chi connectivity index (χ4v) is 2.83. The molecule has 7 heteroatoms. The molecule has 0 aliphatic carbocycles. The molecule has 0 amide bonds. The molecule has 1 atom stereocenters. The van der Waals surface area contributed by atoms with Gasteiger partial charge < -0.3 is 9.84 Å². The molecule has 4 nitrogen and oxygen atoms in total. The predicted molar refractivity (Wildman–Crippen MR) is 71.9 cm³/mol. The summed E-state index contributed by atoms with van der Waals surface area (Å²) in [6, 6.07) is 2.46. The number of nitrogens with zero attached hydrogens (tertiary/aromatic N) is 2. The third kappa shape index (κ3) is 2.14. The van der Waals surface area contributed by atoms with E-state index in [2.05, 4.69) is 31.4 Å². The molecular weight excluding hydrogens is 332 g/mol. The average molecular weight is 344 g/mol. The van der Waals surface area contributed by atoms with Crippen molar-refractivity contribution in [1.29, 1.82) is 0 Å². The maximum Gasteiger partial charge on any atom is 0.246 e. The Balaban J connectivity index is 2.00. The van der Waals surface area contributed by atoms with Gasteiger partial charge in [-0.25, -0.2) is 8.78 Å². The molecule has 3 rings (SSSR count). The zero-order valence-electron chi connectivity index (χ0n) is 10.7. The van der Waals surface area contributed by atoms with Crippen molar-refractivity contribution in [3.8, 4) is 11.4 Å². The second-order valence-electron chi connectivity index (χ2n) is 5.01. The molecule has 1 unspecified atom stereocenters. The summed E-state index contributed by atoms with van der Waals surface area (Å²) in [5.41, 5.74) is 0.0107. The van der Waals surface area contributed by atoms with Crippen molar-refractivity contribution >= 4 is 15.9 Å². The molecular formula is C13H12BrF2N3O. The first-order chi connectivity index (χ1) is 9.51. The van der Waals surface area contributed by atoms with E-state index in [1.54, 1.807) is 0 Å². The van der Waals surface area contributed by atoms with Gasteiger partial charge in [-0.1, -0.05) is 5.16 Å². The van der Waals surface area contributed by atoms with Crippen molar-refractivity contribution in [1.82, 2.24) is 15.5 Å². The van der Waals surface area contributed by atoms with Crippen LogP contribution in [0.3, 0.4) is 0 Å². The van der Waals surface area contributed by atoms with Crippen molar-refractivity contribution in [2.75, 3.05) is 6.54 Å². The predicted octanol–water partition coefficient (Wildman–Crippen LogP) is 3.38. The van der Waals surface area contributed by atoms with Crippen LogP contribution >= 0.6 is 15.9 Å². The molecule has 1 aliphatic heterocycles. The number of benzene rings is 1. The van der Waals surface area contributed by atoms with Crippen molar-refractivity contribution in [3.05, 3.63) is 34.1 Å². The van der Waals surface area contributed by atoms with Gasteiger partial charge in [0.2, 0.25) is 11.7 Å². The topological polar surface area (TPSA) is 51.0 Å². The molecule has 1 fully saturated rings. The number of aromatic nitrogens is 2. The second-order valence-corrected chi connectivity index (χ2v) is 5.80. The van der Waals surface area contributed by atoms with Crippen LogP contribution in [-0.4, -0.2) is 16.7 Å². The van der Waals surface area contributed by atoms with Gasteiger partial charge >= 0.3 is 0 Å². The third-order valence-electron chi connectivity index (χ3n) is 3.54. The van der Waals surface area contributed by atoms with E-state index in [-0.39, 0.29) is 15.8 Å². The van der Waals surface area contributed by atoms with Crippen LogP contribution in [0.25, 0.3) is 11.4 Å². The number of hydrogen-bond acceptors (Lipinski definition) is 4. The van der Waals surface area contributed by atoms with Crippen LogP contribution < -0.4 is 5.32 Å². The lowest BCUT2D eigenvalue weighted by Gasteiger charge is -2.18. The Kier molecular flexibility index (Phi) is 3.33. The van der Waals surface area contributed by atoms with Crippen molar-refractivity contribution in [2.45, 2.75) is 25.3 Å². The van der Waals surface area contributed by atoms with E-state index < -0.39 is 11.6 Å². The first-order valence-electron chi connectivity index (χ1n) is 6.24. The molecule has 1 aliphatic rings. The summed E-state index contributed by atoms with van der Waals surface area (Å²) in [4.78, 5) is 4.31. The Labute approximate surface area is 122 Å². The van der Waals surface area contributed by atoms with Crippen LogP contribution in [0.1, 0.15) is 25.7 Å². The Morgan fingerprint density at radius 3 is 2.90 bits per heavy atom. The summed E-state index contributed by atoms with van der Waals surface area (Å²) in [5, 5.41) is 7.17. The first kappa shape index (κ1) is 13.6. The van der Waals surface area contributed by atoms with Crippen molar-refractivity contribution in [3.63, 3.8) is 0 Å². The minimum absolute atomic E-state index is 0.00520. The highest BCUT2D eigenvalue weighted by atomic mass is 79.9. The van der Waals surface area contributed by atoms with E-state index in [4.69, 9.17) is 4.52 Å². The maximum absolute atomic E-state index is 13.5. The van der Waals surface area contributed by atoms with Crippen LogP contribution in [-0.2, 0) is 5.54 Å². The summed E-state index contributed by atoms with van der Waals surface area (Å²) in [5.74, 6) is -1.19. The molecule has 20 heavy (non-hydrogen) atoms. The zero-order chi connectivity index (χ0) is 14.3. The minimum atomic E-state index is -0.959. The summed E-state index contributed by atoms with van der Waals surface area (Å²) < 4.78 is 31.9. The smallest absolute Gasteiger partial charge is 0.246 e. The molecule has 1 aromatic carbocycles. The highest BCUT2D eigenvalue weighted by Crippen LogP contribution is 2.33. The van der Waals surface area contributed by atoms with Gasteiger partial charge in [-0.2, -0.15) is 4.98 Å². The third-order valence-corrected chi connectivity index (χ3v) is 4.32. The van der Waals surface area contributed by atoms with Gasteiger partial charge in [0.1, 0.15) is 0 Å². The molecule has 2 aromatic rings. The van der Waals surface area contributed by atoms with Crippen LogP contribution in [0, 0.1) is 11.6 Å². The maximum atomic E-state index is 13.5. The molecule has 1 saturated heterocycles. The van der Waals surface area contributed by atoms with E-state index in [1.807, 2.05) is 6.92 Å². The van der Waals surface area contributed by atoms with Crippen molar-refractivity contribution < 1.29 is 13.3 Å². The van der Waals surface area contributed by atoms with Crippen molar-refractivity contribution in [2.24, 2.45) is 0 Å². The second kappa shape index (κ2) is 4.89. The number of halogens is 3. The van der Waals surface area contributed by atoms with E-state index in [1.165, 1.54) is 6.07 Å². The van der Waals surface area contributed by atoms with E-state index >= 15 is 0 Å². The lowest BCUT2D eigenvalue weighted by molar-refractivity contribution is 0.275. The van der Waals surface area contributed by atoms with Crippen LogP contribution in [0.4, 0.5) is 8.78 Å². The molecule has 106 valence electrons. The van der Waals surface area contributed by atoms with Crippen LogP contribution in [0.5, 0.6) is 0 Å². The van der Waals surface area contributed by atoms with Crippen LogP contribution in [0.2, 0.25) is 0 Å². The van der Waals surface area contributed by atoms with Crippen LogP contribution in [0.15, 0.2) is 21.1 Å². The molecule has 1 aromatic heterocycles. The Morgan fingerprint density at radius 2 is 2.20 bits per heavy atom. The van der Waals surface area contributed by atoms with E-state index in [9.17, 15) is 8.78 Å². The molecule has 0 saturated carbocycles. The number of nitrogens with one attached hydrogen (secondary N) is 1. The highest BCUT2D eigenvalue weighted by molar-refractivity contribution is 9.10. The Bertz CT molecular complexity index is 653. The summed E-state index contributed by atoms with van der Waals surface area (Å²) >= 11 is 3.02. The normalized spacial score (nSPS) is 22.4. The van der Waals surface area contributed by atoms with Gasteiger partial charge in [0.05, 0.1) is 10.0 Å². The average Bonchev–Trinajstić information content (AvgIpc) is 3.06. The summed E-state index contributed by atoms with van der Waals surface area (Å²) in [6.07, 6.45) is 1.93. The fourth-order valence-electron chi connectivity index (χ4n) is 2.33. The van der Waals surface area contributed by atoms with E-state index in [0.717, 1.165) is 25.5 Å². The minimum Gasteiger partial charge on any atom is -0.337 e. The standard InChI is InChI=1S/C13H12BrF2N3O/c1-13(5-2-6-17-13)12-18-11(19-20-12)7-3-4-8(15)10(16)9(7)14/h3-4,17H,2,5-6H2,1H3. The zero-order valence-corrected chi connectivity index (χ0v) is 12.3. The largest absolute Gasteiger partial charge is 0.337 e. The number of hydrogen-bond donors (Lipinski definition) is 1. The molecule has 0 spiro atoms. The van der Waals surface area contributed by atoms with Gasteiger partial charge in [-0.3, -0.25) is 0 Å². The van der Waals surface area contributed by atoms with Gasteiger partial charge in [0, 0.05) is 5.56 Å². The Hall–Kier alpha value is -1.34. The van der Waals surface area contributed by atoms with Gasteiger partial charge in [0.25, 0.3) is 0 Å². The summed E-state index contributed by atoms with van der Waals surface area (Å²) in [6.45, 7) is 2.88. The fraction of sp³-hybridized carbons (Fsp3) is 0.385. The molecule has 1 N–H and O–H groups in total. The Morgan fingerprint density at radius 1 is 1.40 bits per heavy atom. The monoisotopic (exact) mass is 343 g/mol. The van der Waals surface area contributed by atoms with Gasteiger partial charge in [0.15, 0.2) is 11.6 Å². The SMILES string of the molecule is CC1(c2nc(-c3ccc(F)c(F)c3Br)no2)CCCN1. The molecule has 0 radical (unpaired) electrons. The first-order valence-corrected chi connectivity index (χ1v) is 7.04. The van der Waals surface area contributed by atoms with E-state index in [0.29, 0.717) is 11.5 Å². The molecule has 0 bridgehead atoms. The van der Waals surface area contributed by atoms with Gasteiger partial charge in [-0.05, 0) is 54.4 Å².